The van der Waals surface area contributed by atoms with Gasteiger partial charge < -0.3 is 9.84 Å². The minimum atomic E-state index is 0.0692. The van der Waals surface area contributed by atoms with Crippen LogP contribution in [0.1, 0.15) is 35.0 Å². The van der Waals surface area contributed by atoms with Gasteiger partial charge in [-0.25, -0.2) is 0 Å². The highest BCUT2D eigenvalue weighted by Crippen LogP contribution is 2.33. The number of carbonyl (C=O) groups excluding carboxylic acids is 1. The minimum absolute atomic E-state index is 0.0692. The summed E-state index contributed by atoms with van der Waals surface area (Å²) in [7, 11) is 0. The van der Waals surface area contributed by atoms with E-state index in [1.807, 2.05) is 30.5 Å². The van der Waals surface area contributed by atoms with E-state index in [0.717, 1.165) is 48.6 Å². The quantitative estimate of drug-likeness (QED) is 0.681. The number of aromatic amines is 1. The summed E-state index contributed by atoms with van der Waals surface area (Å²) in [5, 5.41) is 16.4. The number of hydrogen-bond donors (Lipinski definition) is 2. The maximum absolute atomic E-state index is 12.3. The molecule has 2 N–H and O–H groups in total. The van der Waals surface area contributed by atoms with Gasteiger partial charge in [0.15, 0.2) is 5.76 Å². The number of aryl methyl sites for hydroxylation is 1. The molecule has 1 fully saturated rings. The van der Waals surface area contributed by atoms with Crippen molar-refractivity contribution in [2.45, 2.75) is 32.2 Å². The van der Waals surface area contributed by atoms with E-state index in [-0.39, 0.29) is 5.91 Å². The van der Waals surface area contributed by atoms with Crippen LogP contribution in [0.25, 0.3) is 11.3 Å². The highest BCUT2D eigenvalue weighted by molar-refractivity contribution is 7.09. The molecule has 7 nitrogen and oxygen atoms in total. The first-order valence-corrected chi connectivity index (χ1v) is 10.1. The highest BCUT2D eigenvalue weighted by atomic mass is 32.1. The highest BCUT2D eigenvalue weighted by Gasteiger charge is 2.27. The topological polar surface area (TPSA) is 87.0 Å². The molecule has 0 bridgehead atoms. The average molecular weight is 385 g/mol. The molecule has 1 saturated heterocycles. The monoisotopic (exact) mass is 385 g/mol. The lowest BCUT2D eigenvalue weighted by atomic mass is 9.92. The molecule has 1 atom stereocenters. The maximum atomic E-state index is 12.3. The van der Waals surface area contributed by atoms with Gasteiger partial charge >= 0.3 is 0 Å². The molecular weight excluding hydrogens is 362 g/mol. The van der Waals surface area contributed by atoms with E-state index in [1.54, 1.807) is 17.5 Å². The summed E-state index contributed by atoms with van der Waals surface area (Å²) in [6.45, 7) is 4.70. The molecule has 27 heavy (non-hydrogen) atoms. The van der Waals surface area contributed by atoms with Crippen molar-refractivity contribution in [3.8, 4) is 11.3 Å². The van der Waals surface area contributed by atoms with E-state index >= 15 is 0 Å². The largest absolute Gasteiger partial charge is 0.356 e. The predicted octanol–water partition coefficient (Wildman–Crippen LogP) is 2.93. The number of amides is 1. The van der Waals surface area contributed by atoms with Crippen molar-refractivity contribution in [2.75, 3.05) is 19.6 Å². The smallest absolute Gasteiger partial charge is 0.234 e. The molecule has 142 valence electrons. The molecule has 1 aliphatic heterocycles. The van der Waals surface area contributed by atoms with Crippen LogP contribution in [0.3, 0.4) is 0 Å². The second-order valence-corrected chi connectivity index (χ2v) is 7.99. The van der Waals surface area contributed by atoms with Crippen LogP contribution in [0, 0.1) is 6.92 Å². The minimum Gasteiger partial charge on any atom is -0.356 e. The Labute approximate surface area is 161 Å². The first-order valence-electron chi connectivity index (χ1n) is 9.17. The van der Waals surface area contributed by atoms with Crippen molar-refractivity contribution in [1.82, 2.24) is 25.6 Å². The lowest BCUT2D eigenvalue weighted by Gasteiger charge is -2.32. The van der Waals surface area contributed by atoms with Crippen molar-refractivity contribution in [1.29, 1.82) is 0 Å². The summed E-state index contributed by atoms with van der Waals surface area (Å²) in [5.41, 5.74) is 2.88. The van der Waals surface area contributed by atoms with E-state index < -0.39 is 0 Å². The molecular formula is C19H23N5O2S. The first-order chi connectivity index (χ1) is 13.2. The van der Waals surface area contributed by atoms with E-state index in [4.69, 9.17) is 4.52 Å². The van der Waals surface area contributed by atoms with Crippen molar-refractivity contribution in [2.24, 2.45) is 0 Å². The van der Waals surface area contributed by atoms with Gasteiger partial charge in [-0.3, -0.25) is 14.8 Å². The third-order valence-electron chi connectivity index (χ3n) is 4.88. The van der Waals surface area contributed by atoms with Gasteiger partial charge in [-0.05, 0) is 37.8 Å². The molecule has 0 radical (unpaired) electrons. The zero-order valence-corrected chi connectivity index (χ0v) is 16.1. The number of H-pyrrole nitrogens is 1. The molecule has 8 heteroatoms. The van der Waals surface area contributed by atoms with Crippen LogP contribution in [0.15, 0.2) is 34.3 Å². The Morgan fingerprint density at radius 2 is 2.44 bits per heavy atom. The third kappa shape index (κ3) is 4.28. The van der Waals surface area contributed by atoms with Gasteiger partial charge in [0.1, 0.15) is 0 Å². The number of hydrogen-bond acceptors (Lipinski definition) is 6. The SMILES string of the molecule is Cc1cc(-c2cn[nH]c2[C@@H]2CCCN(CC(=O)NCc3cccs3)C2)on1. The normalized spacial score (nSPS) is 17.9. The summed E-state index contributed by atoms with van der Waals surface area (Å²) in [4.78, 5) is 15.7. The van der Waals surface area contributed by atoms with E-state index in [1.165, 1.54) is 4.88 Å². The zero-order valence-electron chi connectivity index (χ0n) is 15.3. The van der Waals surface area contributed by atoms with Gasteiger partial charge in [0.2, 0.25) is 5.91 Å². The van der Waals surface area contributed by atoms with Crippen LogP contribution >= 0.6 is 11.3 Å². The van der Waals surface area contributed by atoms with Gasteiger partial charge in [0, 0.05) is 23.4 Å². The standard InChI is InChI=1S/C19H23N5O2S/c1-13-8-17(26-23-13)16-10-21-22-19(16)14-4-2-6-24(11-14)12-18(25)20-9-15-5-3-7-27-15/h3,5,7-8,10,14H,2,4,6,9,11-12H2,1H3,(H,20,25)(H,21,22)/t14-/m1/s1. The molecule has 4 heterocycles. The Morgan fingerprint density at radius 3 is 3.22 bits per heavy atom. The third-order valence-corrected chi connectivity index (χ3v) is 5.76. The van der Waals surface area contributed by atoms with Crippen LogP contribution in [0.4, 0.5) is 0 Å². The molecule has 0 aliphatic carbocycles. The molecule has 0 saturated carbocycles. The Balaban J connectivity index is 1.37. The number of carbonyl (C=O) groups is 1. The van der Waals surface area contributed by atoms with Crippen molar-refractivity contribution in [3.05, 3.63) is 46.0 Å². The van der Waals surface area contributed by atoms with E-state index in [2.05, 4.69) is 25.6 Å². The van der Waals surface area contributed by atoms with Gasteiger partial charge in [0.05, 0.1) is 36.2 Å². The lowest BCUT2D eigenvalue weighted by Crippen LogP contribution is -2.41. The first kappa shape index (κ1) is 17.9. The molecule has 0 aromatic carbocycles. The predicted molar refractivity (Wildman–Crippen MR) is 103 cm³/mol. The Bertz CT molecular complexity index is 886. The van der Waals surface area contributed by atoms with Gasteiger partial charge in [0.25, 0.3) is 0 Å². The molecule has 1 amide bonds. The van der Waals surface area contributed by atoms with Crippen LogP contribution in [0.5, 0.6) is 0 Å². The summed E-state index contributed by atoms with van der Waals surface area (Å²) < 4.78 is 5.41. The zero-order chi connectivity index (χ0) is 18.6. The van der Waals surface area contributed by atoms with Crippen molar-refractivity contribution >= 4 is 17.2 Å². The number of piperidine rings is 1. The van der Waals surface area contributed by atoms with Gasteiger partial charge in [-0.2, -0.15) is 5.10 Å². The lowest BCUT2D eigenvalue weighted by molar-refractivity contribution is -0.122. The molecule has 3 aromatic rings. The second kappa shape index (κ2) is 8.06. The summed E-state index contributed by atoms with van der Waals surface area (Å²) in [6, 6.07) is 5.96. The number of nitrogens with zero attached hydrogens (tertiary/aromatic N) is 3. The van der Waals surface area contributed by atoms with Crippen molar-refractivity contribution in [3.63, 3.8) is 0 Å². The fraction of sp³-hybridized carbons (Fsp3) is 0.421. The fourth-order valence-electron chi connectivity index (χ4n) is 3.59. The molecule has 1 aliphatic rings. The van der Waals surface area contributed by atoms with Crippen LogP contribution < -0.4 is 5.32 Å². The fourth-order valence-corrected chi connectivity index (χ4v) is 4.23. The molecule has 3 aromatic heterocycles. The summed E-state index contributed by atoms with van der Waals surface area (Å²) in [6.07, 6.45) is 3.91. The van der Waals surface area contributed by atoms with Gasteiger partial charge in [-0.1, -0.05) is 11.2 Å². The molecule has 0 unspecified atom stereocenters. The van der Waals surface area contributed by atoms with Crippen molar-refractivity contribution < 1.29 is 9.32 Å². The molecule has 0 spiro atoms. The maximum Gasteiger partial charge on any atom is 0.234 e. The van der Waals surface area contributed by atoms with Crippen LogP contribution in [-0.4, -0.2) is 45.8 Å². The number of rotatable bonds is 6. The molecule has 4 rings (SSSR count). The Kier molecular flexibility index (Phi) is 5.35. The number of likely N-dealkylation sites (tertiary alicyclic amines) is 1. The number of aromatic nitrogens is 3. The van der Waals surface area contributed by atoms with Gasteiger partial charge in [-0.15, -0.1) is 11.3 Å². The second-order valence-electron chi connectivity index (χ2n) is 6.96. The number of thiophene rings is 1. The van der Waals surface area contributed by atoms with Crippen LogP contribution in [-0.2, 0) is 11.3 Å². The Morgan fingerprint density at radius 1 is 1.52 bits per heavy atom. The van der Waals surface area contributed by atoms with Crippen LogP contribution in [0.2, 0.25) is 0 Å². The van der Waals surface area contributed by atoms with E-state index in [0.29, 0.717) is 19.0 Å². The Hall–Kier alpha value is -2.45. The summed E-state index contributed by atoms with van der Waals surface area (Å²) >= 11 is 1.66. The number of nitrogens with one attached hydrogen (secondary N) is 2. The van der Waals surface area contributed by atoms with E-state index in [9.17, 15) is 4.79 Å². The average Bonchev–Trinajstić information content (AvgIpc) is 3.41. The summed E-state index contributed by atoms with van der Waals surface area (Å²) in [5.74, 6) is 1.11.